The van der Waals surface area contributed by atoms with Gasteiger partial charge in [-0.15, -0.1) is 10.2 Å². The summed E-state index contributed by atoms with van der Waals surface area (Å²) in [6.07, 6.45) is 2.40. The number of ether oxygens (including phenoxy) is 1. The summed E-state index contributed by atoms with van der Waals surface area (Å²) in [4.78, 5) is 13.0. The van der Waals surface area contributed by atoms with Gasteiger partial charge >= 0.3 is 5.97 Å². The molecule has 0 spiro atoms. The third-order valence-corrected chi connectivity index (χ3v) is 4.69. The second-order valence-electron chi connectivity index (χ2n) is 5.66. The Morgan fingerprint density at radius 1 is 1.48 bits per heavy atom. The summed E-state index contributed by atoms with van der Waals surface area (Å²) in [5, 5.41) is 18.0. The third-order valence-electron chi connectivity index (χ3n) is 3.74. The molecule has 7 nitrogen and oxygen atoms in total. The maximum atomic E-state index is 10.8. The van der Waals surface area contributed by atoms with Crippen LogP contribution >= 0.6 is 11.8 Å². The van der Waals surface area contributed by atoms with Gasteiger partial charge in [-0.25, -0.2) is 0 Å². The highest BCUT2D eigenvalue weighted by atomic mass is 32.2. The van der Waals surface area contributed by atoms with Crippen molar-refractivity contribution in [3.05, 3.63) is 5.82 Å². The molecule has 1 aliphatic heterocycles. The van der Waals surface area contributed by atoms with Crippen molar-refractivity contribution >= 4 is 17.7 Å². The van der Waals surface area contributed by atoms with Gasteiger partial charge in [0.2, 0.25) is 0 Å². The van der Waals surface area contributed by atoms with E-state index in [2.05, 4.69) is 26.7 Å². The summed E-state index contributed by atoms with van der Waals surface area (Å²) < 4.78 is 7.88. The lowest BCUT2D eigenvalue weighted by Crippen LogP contribution is -2.42. The average molecular weight is 312 g/mol. The molecule has 1 aromatic heterocycles. The van der Waals surface area contributed by atoms with E-state index in [1.165, 1.54) is 11.8 Å². The number of nitrogens with zero attached hydrogens (tertiary/aromatic N) is 4. The molecule has 1 unspecified atom stereocenters. The zero-order valence-corrected chi connectivity index (χ0v) is 12.9. The molecule has 3 rings (SSSR count). The number of aromatic nitrogens is 3. The van der Waals surface area contributed by atoms with E-state index in [0.717, 1.165) is 38.4 Å². The first-order valence-corrected chi connectivity index (χ1v) is 8.20. The lowest BCUT2D eigenvalue weighted by Gasteiger charge is -2.30. The van der Waals surface area contributed by atoms with Gasteiger partial charge in [-0.1, -0.05) is 11.8 Å². The number of thioether (sulfide) groups is 1. The number of carbonyl (C=O) groups is 1. The first kappa shape index (κ1) is 14.8. The number of hydrogen-bond donors (Lipinski definition) is 1. The van der Waals surface area contributed by atoms with Crippen molar-refractivity contribution in [1.29, 1.82) is 0 Å². The summed E-state index contributed by atoms with van der Waals surface area (Å²) in [6, 6.07) is 0. The first-order valence-electron chi connectivity index (χ1n) is 7.21. The molecule has 1 saturated carbocycles. The summed E-state index contributed by atoms with van der Waals surface area (Å²) in [5.74, 6) is 0.641. The van der Waals surface area contributed by atoms with Gasteiger partial charge in [0.25, 0.3) is 0 Å². The second-order valence-corrected chi connectivity index (χ2v) is 6.61. The monoisotopic (exact) mass is 312 g/mol. The Bertz CT molecular complexity index is 518. The molecule has 21 heavy (non-hydrogen) atoms. The number of morpholine rings is 1. The number of aliphatic carboxylic acids is 1. The average Bonchev–Trinajstić information content (AvgIpc) is 3.20. The number of likely N-dealkylation sites (N-methyl/N-ethyl adjacent to an activating group) is 1. The number of carboxylic acids is 1. The van der Waals surface area contributed by atoms with Crippen molar-refractivity contribution in [2.24, 2.45) is 0 Å². The molecule has 0 amide bonds. The van der Waals surface area contributed by atoms with Gasteiger partial charge in [0, 0.05) is 19.0 Å². The molecule has 1 atom stereocenters. The summed E-state index contributed by atoms with van der Waals surface area (Å²) >= 11 is 1.23. The van der Waals surface area contributed by atoms with E-state index in [1.54, 1.807) is 0 Å². The molecular formula is C13H20N4O3S. The van der Waals surface area contributed by atoms with Crippen LogP contribution in [-0.2, 0) is 16.1 Å². The van der Waals surface area contributed by atoms with Crippen molar-refractivity contribution in [2.75, 3.05) is 32.5 Å². The van der Waals surface area contributed by atoms with Crippen molar-refractivity contribution in [1.82, 2.24) is 19.7 Å². The minimum absolute atomic E-state index is 0.00816. The highest BCUT2D eigenvalue weighted by Crippen LogP contribution is 2.40. The van der Waals surface area contributed by atoms with Gasteiger partial charge in [-0.05, 0) is 19.9 Å². The highest BCUT2D eigenvalue weighted by molar-refractivity contribution is 7.99. The number of rotatable bonds is 6. The molecule has 1 N–H and O–H groups in total. The summed E-state index contributed by atoms with van der Waals surface area (Å²) in [5.41, 5.74) is 0. The Hall–Kier alpha value is -1.12. The normalized spacial score (nSPS) is 23.4. The number of hydrogen-bond acceptors (Lipinski definition) is 6. The van der Waals surface area contributed by atoms with Crippen LogP contribution in [0.4, 0.5) is 0 Å². The molecule has 2 heterocycles. The first-order chi connectivity index (χ1) is 10.1. The van der Waals surface area contributed by atoms with Gasteiger partial charge in [0.05, 0.1) is 25.0 Å². The summed E-state index contributed by atoms with van der Waals surface area (Å²) in [7, 11) is 2.09. The molecule has 1 aromatic rings. The third kappa shape index (κ3) is 3.75. The van der Waals surface area contributed by atoms with Gasteiger partial charge < -0.3 is 19.3 Å². The van der Waals surface area contributed by atoms with Crippen LogP contribution in [0, 0.1) is 0 Å². The van der Waals surface area contributed by atoms with E-state index < -0.39 is 5.97 Å². The van der Waals surface area contributed by atoms with Crippen molar-refractivity contribution in [3.63, 3.8) is 0 Å². The van der Waals surface area contributed by atoms with Crippen LogP contribution in [-0.4, -0.2) is 69.3 Å². The van der Waals surface area contributed by atoms with Crippen LogP contribution in [0.1, 0.15) is 24.6 Å². The standard InChI is InChI=1S/C13H20N4O3S/c1-16-4-5-20-10(6-16)7-17-12(9-2-3-9)14-15-13(17)21-8-11(18)19/h9-10H,2-8H2,1H3,(H,18,19). The molecule has 2 aliphatic rings. The molecule has 0 aromatic carbocycles. The Morgan fingerprint density at radius 3 is 2.95 bits per heavy atom. The minimum atomic E-state index is -0.837. The maximum Gasteiger partial charge on any atom is 0.313 e. The fourth-order valence-electron chi connectivity index (χ4n) is 2.53. The van der Waals surface area contributed by atoms with Crippen molar-refractivity contribution in [3.8, 4) is 0 Å². The Balaban J connectivity index is 1.73. The van der Waals surface area contributed by atoms with Gasteiger partial charge in [-0.3, -0.25) is 4.79 Å². The quantitative estimate of drug-likeness (QED) is 0.773. The van der Waals surface area contributed by atoms with E-state index in [0.29, 0.717) is 17.6 Å². The second kappa shape index (κ2) is 6.33. The summed E-state index contributed by atoms with van der Waals surface area (Å²) in [6.45, 7) is 3.27. The predicted octanol–water partition coefficient (Wildman–Crippen LogP) is 0.663. The largest absolute Gasteiger partial charge is 0.481 e. The maximum absolute atomic E-state index is 10.8. The van der Waals surface area contributed by atoms with Crippen molar-refractivity contribution < 1.29 is 14.6 Å². The van der Waals surface area contributed by atoms with Crippen LogP contribution in [0.3, 0.4) is 0 Å². The fraction of sp³-hybridized carbons (Fsp3) is 0.769. The van der Waals surface area contributed by atoms with E-state index in [1.807, 2.05) is 0 Å². The SMILES string of the molecule is CN1CCOC(Cn2c(SCC(=O)O)nnc2C2CC2)C1. The van der Waals surface area contributed by atoms with Gasteiger partial charge in [0.1, 0.15) is 5.82 Å². The topological polar surface area (TPSA) is 80.5 Å². The molecule has 2 fully saturated rings. The van der Waals surface area contributed by atoms with Crippen LogP contribution in [0.5, 0.6) is 0 Å². The Labute approximate surface area is 127 Å². The fourth-order valence-corrected chi connectivity index (χ4v) is 3.20. The van der Waals surface area contributed by atoms with Gasteiger partial charge in [-0.2, -0.15) is 0 Å². The number of carboxylic acid groups (broad SMARTS) is 1. The van der Waals surface area contributed by atoms with Crippen LogP contribution in [0.15, 0.2) is 5.16 Å². The van der Waals surface area contributed by atoms with Crippen LogP contribution in [0.25, 0.3) is 0 Å². The molecule has 1 saturated heterocycles. The zero-order valence-electron chi connectivity index (χ0n) is 12.1. The zero-order chi connectivity index (χ0) is 14.8. The van der Waals surface area contributed by atoms with Crippen LogP contribution < -0.4 is 0 Å². The molecule has 0 radical (unpaired) electrons. The van der Waals surface area contributed by atoms with E-state index in [9.17, 15) is 4.79 Å². The molecular weight excluding hydrogens is 292 g/mol. The Morgan fingerprint density at radius 2 is 2.29 bits per heavy atom. The molecule has 116 valence electrons. The van der Waals surface area contributed by atoms with E-state index in [4.69, 9.17) is 9.84 Å². The lowest BCUT2D eigenvalue weighted by molar-refractivity contribution is -0.133. The molecule has 1 aliphatic carbocycles. The van der Waals surface area contributed by atoms with Crippen molar-refractivity contribution in [2.45, 2.75) is 36.6 Å². The Kier molecular flexibility index (Phi) is 4.46. The van der Waals surface area contributed by atoms with E-state index >= 15 is 0 Å². The van der Waals surface area contributed by atoms with Gasteiger partial charge in [0.15, 0.2) is 5.16 Å². The molecule has 0 bridgehead atoms. The molecule has 8 heteroatoms. The smallest absolute Gasteiger partial charge is 0.313 e. The minimum Gasteiger partial charge on any atom is -0.481 e. The lowest BCUT2D eigenvalue weighted by atomic mass is 10.2. The highest BCUT2D eigenvalue weighted by Gasteiger charge is 2.32. The van der Waals surface area contributed by atoms with Crippen LogP contribution in [0.2, 0.25) is 0 Å². The van der Waals surface area contributed by atoms with E-state index in [-0.39, 0.29) is 11.9 Å². The predicted molar refractivity (Wildman–Crippen MR) is 77.6 cm³/mol.